The lowest BCUT2D eigenvalue weighted by Gasteiger charge is -2.34. The van der Waals surface area contributed by atoms with E-state index in [9.17, 15) is 0 Å². The highest BCUT2D eigenvalue weighted by Crippen LogP contribution is 2.48. The first-order valence-corrected chi connectivity index (χ1v) is 10.6. The van der Waals surface area contributed by atoms with Crippen LogP contribution in [0.5, 0.6) is 0 Å². The first kappa shape index (κ1) is 17.9. The quantitative estimate of drug-likeness (QED) is 0.435. The van der Waals surface area contributed by atoms with Gasteiger partial charge in [-0.05, 0) is 28.4 Å². The molecule has 0 amide bonds. The zero-order valence-electron chi connectivity index (χ0n) is 14.3. The molecular weight excluding hydrogens is 340 g/mol. The molecule has 0 aliphatic carbocycles. The second-order valence-electron chi connectivity index (χ2n) is 5.72. The van der Waals surface area contributed by atoms with Crippen molar-refractivity contribution in [2.24, 2.45) is 0 Å². The van der Waals surface area contributed by atoms with E-state index in [1.807, 2.05) is 23.5 Å². The summed E-state index contributed by atoms with van der Waals surface area (Å²) in [5.41, 5.74) is 3.89. The van der Waals surface area contributed by atoms with Crippen molar-refractivity contribution in [2.45, 2.75) is 4.75 Å². The lowest BCUT2D eigenvalue weighted by atomic mass is 9.84. The molecule has 3 rings (SSSR count). The normalized spacial score (nSPS) is 11.7. The molecule has 0 fully saturated rings. The van der Waals surface area contributed by atoms with E-state index in [2.05, 4.69) is 109 Å². The summed E-state index contributed by atoms with van der Waals surface area (Å²) in [7, 11) is 0. The van der Waals surface area contributed by atoms with Gasteiger partial charge in [-0.25, -0.2) is 0 Å². The maximum Gasteiger partial charge on any atom is 0.0948 e. The first-order chi connectivity index (χ1) is 12.4. The Bertz CT molecular complexity index is 683. The number of benzene rings is 3. The Morgan fingerprint density at radius 3 is 1.44 bits per heavy atom. The third kappa shape index (κ3) is 4.02. The zero-order valence-corrected chi connectivity index (χ0v) is 16.0. The Labute approximate surface area is 159 Å². The molecule has 0 N–H and O–H groups in total. The summed E-state index contributed by atoms with van der Waals surface area (Å²) >= 11 is 3.71. The van der Waals surface area contributed by atoms with Gasteiger partial charge in [0.1, 0.15) is 0 Å². The van der Waals surface area contributed by atoms with Crippen LogP contribution >= 0.6 is 23.5 Å². The Morgan fingerprint density at radius 2 is 1.08 bits per heavy atom. The molecule has 126 valence electrons. The van der Waals surface area contributed by atoms with Crippen LogP contribution in [-0.2, 0) is 4.75 Å². The van der Waals surface area contributed by atoms with Gasteiger partial charge in [-0.2, -0.15) is 11.8 Å². The van der Waals surface area contributed by atoms with Crippen molar-refractivity contribution in [3.63, 3.8) is 0 Å². The minimum atomic E-state index is -0.251. The van der Waals surface area contributed by atoms with Gasteiger partial charge in [-0.3, -0.25) is 0 Å². The molecule has 0 unspecified atom stereocenters. The average Bonchev–Trinajstić information content (AvgIpc) is 2.70. The number of hydrogen-bond acceptors (Lipinski definition) is 2. The summed E-state index contributed by atoms with van der Waals surface area (Å²) in [6.45, 7) is 0. The summed E-state index contributed by atoms with van der Waals surface area (Å²) in [5.74, 6) is 1.03. The van der Waals surface area contributed by atoms with Gasteiger partial charge in [0, 0.05) is 5.75 Å². The minimum absolute atomic E-state index is 0.251. The van der Waals surface area contributed by atoms with Crippen LogP contribution in [0.1, 0.15) is 16.7 Å². The molecular formula is C23H22S2. The van der Waals surface area contributed by atoms with E-state index in [0.29, 0.717) is 0 Å². The van der Waals surface area contributed by atoms with E-state index >= 15 is 0 Å². The number of hydrogen-bond donors (Lipinski definition) is 0. The molecule has 0 atom stereocenters. The zero-order chi connectivity index (χ0) is 17.4. The average molecular weight is 363 g/mol. The van der Waals surface area contributed by atoms with Crippen molar-refractivity contribution in [1.82, 2.24) is 0 Å². The summed E-state index contributed by atoms with van der Waals surface area (Å²) < 4.78 is -0.251. The maximum atomic E-state index is 2.25. The lowest BCUT2D eigenvalue weighted by molar-refractivity contribution is 0.900. The summed E-state index contributed by atoms with van der Waals surface area (Å²) in [4.78, 5) is 0. The smallest absolute Gasteiger partial charge is 0.0948 e. The lowest BCUT2D eigenvalue weighted by Crippen LogP contribution is -2.24. The Morgan fingerprint density at radius 1 is 0.680 bits per heavy atom. The second-order valence-corrected chi connectivity index (χ2v) is 7.76. The van der Waals surface area contributed by atoms with E-state index < -0.39 is 0 Å². The molecule has 0 heterocycles. The van der Waals surface area contributed by atoms with Crippen LogP contribution < -0.4 is 0 Å². The van der Waals surface area contributed by atoms with Gasteiger partial charge < -0.3 is 0 Å². The van der Waals surface area contributed by atoms with Crippen molar-refractivity contribution in [1.29, 1.82) is 0 Å². The number of rotatable bonds is 7. The largest absolute Gasteiger partial charge is 0.161 e. The fourth-order valence-electron chi connectivity index (χ4n) is 3.01. The van der Waals surface area contributed by atoms with Gasteiger partial charge >= 0.3 is 0 Å². The van der Waals surface area contributed by atoms with Gasteiger partial charge in [0.05, 0.1) is 4.75 Å². The Balaban J connectivity index is 2.20. The van der Waals surface area contributed by atoms with Crippen molar-refractivity contribution >= 4 is 23.5 Å². The predicted octanol–water partition coefficient (Wildman–Crippen LogP) is 6.59. The molecule has 0 radical (unpaired) electrons. The molecule has 0 saturated heterocycles. The van der Waals surface area contributed by atoms with Gasteiger partial charge in [0.25, 0.3) is 0 Å². The van der Waals surface area contributed by atoms with Crippen LogP contribution in [-0.4, -0.2) is 12.0 Å². The van der Waals surface area contributed by atoms with Crippen molar-refractivity contribution in [3.8, 4) is 0 Å². The van der Waals surface area contributed by atoms with E-state index in [-0.39, 0.29) is 4.75 Å². The molecule has 0 aliphatic rings. The topological polar surface area (TPSA) is 0 Å². The third-order valence-corrected chi connectivity index (χ3v) is 6.06. The van der Waals surface area contributed by atoms with E-state index in [1.165, 1.54) is 16.7 Å². The van der Waals surface area contributed by atoms with E-state index in [4.69, 9.17) is 0 Å². The maximum absolute atomic E-state index is 2.25. The van der Waals surface area contributed by atoms with Crippen LogP contribution in [0.15, 0.2) is 102 Å². The van der Waals surface area contributed by atoms with Crippen molar-refractivity contribution in [3.05, 3.63) is 119 Å². The highest BCUT2D eigenvalue weighted by Gasteiger charge is 2.36. The standard InChI is InChI=1S/C23H22S2/c1-24-18-11-19-25-23(20-12-5-2-6-13-20,21-14-7-3-8-15-21)22-16-9-4-10-17-22/h2-17,19H,18H2,1H3/b19-11-. The molecule has 3 aromatic carbocycles. The van der Waals surface area contributed by atoms with Gasteiger partial charge in [-0.15, -0.1) is 11.8 Å². The van der Waals surface area contributed by atoms with Crippen molar-refractivity contribution < 1.29 is 0 Å². The number of thioether (sulfide) groups is 2. The Kier molecular flexibility index (Phi) is 6.43. The SMILES string of the molecule is CSC/C=C\SC(c1ccccc1)(c1ccccc1)c1ccccc1. The van der Waals surface area contributed by atoms with Crippen LogP contribution in [0, 0.1) is 0 Å². The first-order valence-electron chi connectivity index (χ1n) is 8.36. The Hall–Kier alpha value is -1.90. The van der Waals surface area contributed by atoms with Gasteiger partial charge in [0.15, 0.2) is 0 Å². The molecule has 0 aliphatic heterocycles. The molecule has 3 aromatic rings. The second kappa shape index (κ2) is 8.98. The van der Waals surface area contributed by atoms with Crippen LogP contribution in [0.4, 0.5) is 0 Å². The van der Waals surface area contributed by atoms with Crippen LogP contribution in [0.2, 0.25) is 0 Å². The minimum Gasteiger partial charge on any atom is -0.161 e. The molecule has 25 heavy (non-hydrogen) atoms. The molecule has 0 bridgehead atoms. The predicted molar refractivity (Wildman–Crippen MR) is 114 cm³/mol. The molecule has 2 heteroatoms. The summed E-state index contributed by atoms with van der Waals surface area (Å²) in [6, 6.07) is 32.4. The fourth-order valence-corrected chi connectivity index (χ4v) is 4.63. The summed E-state index contributed by atoms with van der Waals surface area (Å²) in [6.07, 6.45) is 4.38. The third-order valence-electron chi connectivity index (χ3n) is 4.14. The highest BCUT2D eigenvalue weighted by molar-refractivity contribution is 8.03. The van der Waals surface area contributed by atoms with Gasteiger partial charge in [-0.1, -0.05) is 97.1 Å². The van der Waals surface area contributed by atoms with Crippen molar-refractivity contribution in [2.75, 3.05) is 12.0 Å². The van der Waals surface area contributed by atoms with Gasteiger partial charge in [0.2, 0.25) is 0 Å². The van der Waals surface area contributed by atoms with E-state index in [1.54, 1.807) is 0 Å². The molecule has 0 aromatic heterocycles. The van der Waals surface area contributed by atoms with E-state index in [0.717, 1.165) is 5.75 Å². The fraction of sp³-hybridized carbons (Fsp3) is 0.130. The van der Waals surface area contributed by atoms with Crippen LogP contribution in [0.25, 0.3) is 0 Å². The molecule has 0 spiro atoms. The summed E-state index contributed by atoms with van der Waals surface area (Å²) in [5, 5.41) is 2.25. The monoisotopic (exact) mass is 362 g/mol. The molecule has 0 saturated carbocycles. The van der Waals surface area contributed by atoms with Crippen LogP contribution in [0.3, 0.4) is 0 Å². The highest BCUT2D eigenvalue weighted by atomic mass is 32.2. The molecule has 0 nitrogen and oxygen atoms in total.